The molecule has 1 saturated carbocycles. The minimum absolute atomic E-state index is 0.0503. The van der Waals surface area contributed by atoms with Gasteiger partial charge in [-0.2, -0.15) is 0 Å². The highest BCUT2D eigenvalue weighted by molar-refractivity contribution is 7.22. The predicted molar refractivity (Wildman–Crippen MR) is 132 cm³/mol. The van der Waals surface area contributed by atoms with E-state index in [4.69, 9.17) is 9.47 Å². The molecule has 1 aromatic carbocycles. The minimum Gasteiger partial charge on any atom is -0.446 e. The van der Waals surface area contributed by atoms with Gasteiger partial charge < -0.3 is 14.8 Å². The monoisotopic (exact) mass is 480 g/mol. The van der Waals surface area contributed by atoms with Crippen LogP contribution in [0.15, 0.2) is 30.5 Å². The molecule has 3 aromatic rings. The van der Waals surface area contributed by atoms with Crippen molar-refractivity contribution in [2.45, 2.75) is 64.8 Å². The lowest BCUT2D eigenvalue weighted by Crippen LogP contribution is -2.36. The average molecular weight is 481 g/mol. The maximum absolute atomic E-state index is 12.6. The molecule has 0 spiro atoms. The first kappa shape index (κ1) is 22.7. The molecule has 1 aliphatic heterocycles. The first-order chi connectivity index (χ1) is 16.3. The van der Waals surface area contributed by atoms with Gasteiger partial charge in [-0.3, -0.25) is 15.1 Å². The Labute approximate surface area is 202 Å². The molecular formula is C25H28N4O4S. The molecule has 2 amide bonds. The number of pyridine rings is 1. The van der Waals surface area contributed by atoms with Crippen molar-refractivity contribution in [3.05, 3.63) is 36.2 Å². The number of hydrogen-bond acceptors (Lipinski definition) is 7. The number of hydrogen-bond donors (Lipinski definition) is 2. The summed E-state index contributed by atoms with van der Waals surface area (Å²) in [6.45, 7) is 5.83. The van der Waals surface area contributed by atoms with E-state index < -0.39 is 6.09 Å². The molecule has 9 heteroatoms. The van der Waals surface area contributed by atoms with Gasteiger partial charge in [0.1, 0.15) is 6.10 Å². The molecule has 0 bridgehead atoms. The zero-order valence-electron chi connectivity index (χ0n) is 19.5. The summed E-state index contributed by atoms with van der Waals surface area (Å²) in [6.07, 6.45) is 4.55. The number of fused-ring (bicyclic) bond motifs is 1. The van der Waals surface area contributed by atoms with E-state index in [2.05, 4.69) is 20.6 Å². The second kappa shape index (κ2) is 9.31. The lowest BCUT2D eigenvalue weighted by molar-refractivity contribution is -0.117. The molecule has 1 saturated heterocycles. The van der Waals surface area contributed by atoms with Gasteiger partial charge in [-0.1, -0.05) is 17.4 Å². The van der Waals surface area contributed by atoms with Crippen LogP contribution < -0.4 is 10.6 Å². The Bertz CT molecular complexity index is 1230. The van der Waals surface area contributed by atoms with Gasteiger partial charge in [-0.05, 0) is 57.4 Å². The van der Waals surface area contributed by atoms with Crippen molar-refractivity contribution in [2.24, 2.45) is 5.92 Å². The number of aromatic nitrogens is 2. The van der Waals surface area contributed by atoms with E-state index in [0.29, 0.717) is 29.4 Å². The molecule has 5 rings (SSSR count). The van der Waals surface area contributed by atoms with Crippen LogP contribution in [0.3, 0.4) is 0 Å². The zero-order chi connectivity index (χ0) is 23.8. The predicted octanol–water partition coefficient (Wildman–Crippen LogP) is 5.52. The largest absolute Gasteiger partial charge is 0.446 e. The lowest BCUT2D eigenvalue weighted by atomic mass is 10.0. The number of carbonyl (C=O) groups excluding carboxylic acids is 2. The third-order valence-corrected chi connectivity index (χ3v) is 7.09. The van der Waals surface area contributed by atoms with Gasteiger partial charge in [0.05, 0.1) is 33.8 Å². The fraction of sp³-hybridized carbons (Fsp3) is 0.440. The molecule has 2 aromatic heterocycles. The molecule has 34 heavy (non-hydrogen) atoms. The first-order valence-corrected chi connectivity index (χ1v) is 12.5. The number of thiazole rings is 1. The Balaban J connectivity index is 1.30. The van der Waals surface area contributed by atoms with Gasteiger partial charge >= 0.3 is 6.09 Å². The maximum Gasteiger partial charge on any atom is 0.411 e. The first-order valence-electron chi connectivity index (χ1n) is 11.7. The van der Waals surface area contributed by atoms with Crippen LogP contribution >= 0.6 is 11.3 Å². The minimum atomic E-state index is -0.484. The molecule has 0 radical (unpaired) electrons. The number of carbonyl (C=O) groups is 2. The molecule has 178 valence electrons. The standard InChI is InChI=1S/C25H28N4O4S/c1-13-8-19(9-14(2)32-13)33-25(31)28-21-10-18(12-26-15(21)3)17-6-7-20-22(11-17)34-24(27-20)29-23(30)16-4-5-16/h6-7,10-14,16,19H,4-5,8-9H2,1-3H3,(H,28,31)(H,27,29,30). The van der Waals surface area contributed by atoms with E-state index >= 15 is 0 Å². The quantitative estimate of drug-likeness (QED) is 0.498. The molecule has 2 unspecified atom stereocenters. The van der Waals surface area contributed by atoms with Gasteiger partial charge in [0.25, 0.3) is 0 Å². The van der Waals surface area contributed by atoms with Gasteiger partial charge in [0, 0.05) is 30.5 Å². The van der Waals surface area contributed by atoms with Crippen molar-refractivity contribution in [1.29, 1.82) is 0 Å². The highest BCUT2D eigenvalue weighted by Gasteiger charge is 2.30. The van der Waals surface area contributed by atoms with E-state index in [0.717, 1.165) is 34.2 Å². The Kier molecular flexibility index (Phi) is 6.22. The molecule has 8 nitrogen and oxygen atoms in total. The Morgan fingerprint density at radius 3 is 2.59 bits per heavy atom. The molecular weight excluding hydrogens is 452 g/mol. The van der Waals surface area contributed by atoms with Gasteiger partial charge in [-0.25, -0.2) is 9.78 Å². The van der Waals surface area contributed by atoms with Gasteiger partial charge in [-0.15, -0.1) is 0 Å². The summed E-state index contributed by atoms with van der Waals surface area (Å²) in [5, 5.41) is 6.39. The second-order valence-electron chi connectivity index (χ2n) is 9.20. The summed E-state index contributed by atoms with van der Waals surface area (Å²) in [5.74, 6) is 0.186. The summed E-state index contributed by atoms with van der Waals surface area (Å²) < 4.78 is 12.3. The fourth-order valence-corrected chi connectivity index (χ4v) is 5.17. The van der Waals surface area contributed by atoms with Crippen LogP contribution in [0.2, 0.25) is 0 Å². The van der Waals surface area contributed by atoms with E-state index in [1.807, 2.05) is 45.0 Å². The normalized spacial score (nSPS) is 22.4. The van der Waals surface area contributed by atoms with Crippen LogP contribution in [-0.4, -0.2) is 40.3 Å². The van der Waals surface area contributed by atoms with E-state index in [-0.39, 0.29) is 30.1 Å². The maximum atomic E-state index is 12.6. The SMILES string of the molecule is Cc1ncc(-c2ccc3nc(NC(=O)C4CC4)sc3c2)cc1NC(=O)OC1CC(C)OC(C)C1. The van der Waals surface area contributed by atoms with Crippen molar-refractivity contribution in [3.63, 3.8) is 0 Å². The number of benzene rings is 1. The zero-order valence-corrected chi connectivity index (χ0v) is 20.3. The Morgan fingerprint density at radius 2 is 1.85 bits per heavy atom. The van der Waals surface area contributed by atoms with Crippen molar-refractivity contribution >= 4 is 44.4 Å². The number of nitrogens with one attached hydrogen (secondary N) is 2. The van der Waals surface area contributed by atoms with Gasteiger partial charge in [0.2, 0.25) is 5.91 Å². The number of nitrogens with zero attached hydrogens (tertiary/aromatic N) is 2. The van der Waals surface area contributed by atoms with Crippen LogP contribution in [0.5, 0.6) is 0 Å². The number of aryl methyl sites for hydroxylation is 1. The van der Waals surface area contributed by atoms with Crippen LogP contribution in [-0.2, 0) is 14.3 Å². The van der Waals surface area contributed by atoms with Crippen molar-refractivity contribution in [1.82, 2.24) is 9.97 Å². The van der Waals surface area contributed by atoms with Crippen LogP contribution in [0.4, 0.5) is 15.6 Å². The fourth-order valence-electron chi connectivity index (χ4n) is 4.26. The summed E-state index contributed by atoms with van der Waals surface area (Å²) in [6, 6.07) is 7.83. The summed E-state index contributed by atoms with van der Waals surface area (Å²) >= 11 is 1.45. The van der Waals surface area contributed by atoms with Crippen LogP contribution in [0, 0.1) is 12.8 Å². The third kappa shape index (κ3) is 5.20. The van der Waals surface area contributed by atoms with Crippen molar-refractivity contribution in [2.75, 3.05) is 10.6 Å². The highest BCUT2D eigenvalue weighted by atomic mass is 32.1. The topological polar surface area (TPSA) is 102 Å². The average Bonchev–Trinajstić information content (AvgIpc) is 3.55. The molecule has 2 atom stereocenters. The van der Waals surface area contributed by atoms with Crippen molar-refractivity contribution < 1.29 is 19.1 Å². The highest BCUT2D eigenvalue weighted by Crippen LogP contribution is 2.34. The van der Waals surface area contributed by atoms with Crippen molar-refractivity contribution in [3.8, 4) is 11.1 Å². The van der Waals surface area contributed by atoms with E-state index in [1.54, 1.807) is 6.20 Å². The summed E-state index contributed by atoms with van der Waals surface area (Å²) in [7, 11) is 0. The number of ether oxygens (including phenoxy) is 2. The van der Waals surface area contributed by atoms with E-state index in [9.17, 15) is 9.59 Å². The Morgan fingerprint density at radius 1 is 1.09 bits per heavy atom. The molecule has 3 heterocycles. The number of anilines is 2. The van der Waals surface area contributed by atoms with Crippen LogP contribution in [0.25, 0.3) is 21.3 Å². The molecule has 2 aliphatic rings. The van der Waals surface area contributed by atoms with E-state index in [1.165, 1.54) is 11.3 Å². The number of amides is 2. The Hall–Kier alpha value is -3.04. The molecule has 2 N–H and O–H groups in total. The summed E-state index contributed by atoms with van der Waals surface area (Å²) in [4.78, 5) is 33.6. The second-order valence-corrected chi connectivity index (χ2v) is 10.2. The smallest absolute Gasteiger partial charge is 0.411 e. The third-order valence-electron chi connectivity index (χ3n) is 6.15. The number of rotatable bonds is 5. The summed E-state index contributed by atoms with van der Waals surface area (Å²) in [5.41, 5.74) is 3.97. The molecule has 1 aliphatic carbocycles. The van der Waals surface area contributed by atoms with Gasteiger partial charge in [0.15, 0.2) is 5.13 Å². The lowest BCUT2D eigenvalue weighted by Gasteiger charge is -2.31. The van der Waals surface area contributed by atoms with Crippen LogP contribution in [0.1, 0.15) is 45.2 Å². The molecule has 2 fully saturated rings.